The lowest BCUT2D eigenvalue weighted by atomic mass is 9.95. The summed E-state index contributed by atoms with van der Waals surface area (Å²) in [4.78, 5) is 29.1. The van der Waals surface area contributed by atoms with Crippen LogP contribution in [0.1, 0.15) is 81.6 Å². The number of hydrogen-bond acceptors (Lipinski definition) is 5. The average molecular weight is 565 g/mol. The van der Waals surface area contributed by atoms with E-state index in [-0.39, 0.29) is 18.4 Å². The SMILES string of the molecule is CC/C=C(\CCCCCC1COC1)c1cccc(-c2csc(NC(=O)CNC(=O)c3ccn(C)c3)n2)c1.CCC. The van der Waals surface area contributed by atoms with E-state index in [9.17, 15) is 9.59 Å². The third-order valence-electron chi connectivity index (χ3n) is 6.50. The number of aryl methyl sites for hydroxylation is 1. The summed E-state index contributed by atoms with van der Waals surface area (Å²) in [6, 6.07) is 10.2. The van der Waals surface area contributed by atoms with Crippen molar-refractivity contribution in [2.45, 2.75) is 65.7 Å². The van der Waals surface area contributed by atoms with Gasteiger partial charge >= 0.3 is 0 Å². The summed E-state index contributed by atoms with van der Waals surface area (Å²) in [6.07, 6.45) is 14.2. The van der Waals surface area contributed by atoms with Crippen LogP contribution in [0.5, 0.6) is 0 Å². The van der Waals surface area contributed by atoms with Crippen molar-refractivity contribution >= 4 is 33.9 Å². The molecule has 40 heavy (non-hydrogen) atoms. The Balaban J connectivity index is 0.00000141. The summed E-state index contributed by atoms with van der Waals surface area (Å²) < 4.78 is 7.06. The van der Waals surface area contributed by atoms with E-state index in [2.05, 4.69) is 66.7 Å². The van der Waals surface area contributed by atoms with Gasteiger partial charge in [0, 0.05) is 36.3 Å². The zero-order valence-electron chi connectivity index (χ0n) is 24.4. The topological polar surface area (TPSA) is 85.3 Å². The molecule has 2 N–H and O–H groups in total. The number of anilines is 1. The minimum Gasteiger partial charge on any atom is -0.381 e. The van der Waals surface area contributed by atoms with Gasteiger partial charge in [0.2, 0.25) is 5.91 Å². The van der Waals surface area contributed by atoms with Crippen molar-refractivity contribution in [3.8, 4) is 11.3 Å². The first-order chi connectivity index (χ1) is 19.4. The molecule has 3 aromatic rings. The highest BCUT2D eigenvalue weighted by molar-refractivity contribution is 7.14. The lowest BCUT2D eigenvalue weighted by molar-refractivity contribution is -0.115. The molecule has 1 aliphatic rings. The van der Waals surface area contributed by atoms with E-state index in [0.717, 1.165) is 43.2 Å². The van der Waals surface area contributed by atoms with Crippen molar-refractivity contribution in [2.24, 2.45) is 13.0 Å². The molecule has 0 spiro atoms. The fourth-order valence-electron chi connectivity index (χ4n) is 4.39. The third-order valence-corrected chi connectivity index (χ3v) is 7.26. The number of thiazole rings is 1. The molecule has 3 heterocycles. The monoisotopic (exact) mass is 564 g/mol. The molecule has 1 fully saturated rings. The Morgan fingerprint density at radius 1 is 1.12 bits per heavy atom. The van der Waals surface area contributed by atoms with Crippen LogP contribution >= 0.6 is 11.3 Å². The van der Waals surface area contributed by atoms with Crippen LogP contribution in [0, 0.1) is 5.92 Å². The van der Waals surface area contributed by atoms with Gasteiger partial charge in [0.15, 0.2) is 5.13 Å². The number of ether oxygens (including phenoxy) is 1. The Bertz CT molecular complexity index is 1240. The van der Waals surface area contributed by atoms with Crippen LogP contribution < -0.4 is 10.6 Å². The van der Waals surface area contributed by atoms with Crippen LogP contribution in [-0.4, -0.2) is 41.1 Å². The molecule has 0 atom stereocenters. The number of carbonyl (C=O) groups is 2. The van der Waals surface area contributed by atoms with Crippen molar-refractivity contribution in [1.82, 2.24) is 14.9 Å². The lowest BCUT2D eigenvalue weighted by Crippen LogP contribution is -2.32. The van der Waals surface area contributed by atoms with Crippen LogP contribution in [0.4, 0.5) is 5.13 Å². The zero-order valence-corrected chi connectivity index (χ0v) is 25.2. The van der Waals surface area contributed by atoms with Crippen molar-refractivity contribution in [2.75, 3.05) is 25.1 Å². The van der Waals surface area contributed by atoms with Gasteiger partial charge in [-0.25, -0.2) is 4.98 Å². The third kappa shape index (κ3) is 10.1. The summed E-state index contributed by atoms with van der Waals surface area (Å²) in [7, 11) is 1.84. The Labute approximate surface area is 243 Å². The van der Waals surface area contributed by atoms with Gasteiger partial charge in [0.1, 0.15) is 0 Å². The van der Waals surface area contributed by atoms with Gasteiger partial charge in [0.05, 0.1) is 31.0 Å². The van der Waals surface area contributed by atoms with Crippen LogP contribution in [0.25, 0.3) is 16.8 Å². The first-order valence-corrected chi connectivity index (χ1v) is 15.3. The molecule has 4 rings (SSSR count). The number of rotatable bonds is 13. The molecule has 2 aromatic heterocycles. The van der Waals surface area contributed by atoms with Gasteiger partial charge in [-0.1, -0.05) is 64.3 Å². The number of benzene rings is 1. The first kappa shape index (κ1) is 31.3. The molecule has 0 radical (unpaired) electrons. The molecule has 0 aliphatic carbocycles. The normalized spacial score (nSPS) is 13.2. The fraction of sp³-hybridized carbons (Fsp3) is 0.469. The molecule has 0 unspecified atom stereocenters. The van der Waals surface area contributed by atoms with Gasteiger partial charge < -0.3 is 19.9 Å². The lowest BCUT2D eigenvalue weighted by Gasteiger charge is -2.25. The van der Waals surface area contributed by atoms with Crippen molar-refractivity contribution in [3.05, 3.63) is 65.3 Å². The highest BCUT2D eigenvalue weighted by atomic mass is 32.1. The summed E-state index contributed by atoms with van der Waals surface area (Å²) in [5.41, 5.74) is 4.99. The molecule has 2 amide bonds. The van der Waals surface area contributed by atoms with Gasteiger partial charge in [-0.15, -0.1) is 11.3 Å². The van der Waals surface area contributed by atoms with Crippen molar-refractivity contribution < 1.29 is 14.3 Å². The molecular weight excluding hydrogens is 520 g/mol. The Morgan fingerprint density at radius 3 is 2.60 bits per heavy atom. The molecule has 8 heteroatoms. The molecule has 1 aliphatic heterocycles. The van der Waals surface area contributed by atoms with E-state index in [1.165, 1.54) is 54.6 Å². The Morgan fingerprint density at radius 2 is 1.93 bits per heavy atom. The molecule has 7 nitrogen and oxygen atoms in total. The summed E-state index contributed by atoms with van der Waals surface area (Å²) in [6.45, 7) is 8.21. The maximum Gasteiger partial charge on any atom is 0.253 e. The molecule has 0 bridgehead atoms. The largest absolute Gasteiger partial charge is 0.381 e. The molecule has 1 saturated heterocycles. The summed E-state index contributed by atoms with van der Waals surface area (Å²) in [5.74, 6) is 0.191. The van der Waals surface area contributed by atoms with Gasteiger partial charge in [0.25, 0.3) is 5.91 Å². The van der Waals surface area contributed by atoms with E-state index >= 15 is 0 Å². The van der Waals surface area contributed by atoms with Crippen molar-refractivity contribution in [1.29, 1.82) is 0 Å². The zero-order chi connectivity index (χ0) is 28.7. The fourth-order valence-corrected chi connectivity index (χ4v) is 5.13. The van der Waals surface area contributed by atoms with Crippen LogP contribution in [0.3, 0.4) is 0 Å². The number of unbranched alkanes of at least 4 members (excludes halogenated alkanes) is 2. The minimum absolute atomic E-state index is 0.113. The first-order valence-electron chi connectivity index (χ1n) is 14.5. The Kier molecular flexibility index (Phi) is 13.1. The number of aromatic nitrogens is 2. The van der Waals surface area contributed by atoms with Gasteiger partial charge in [-0.3, -0.25) is 9.59 Å². The number of nitrogens with one attached hydrogen (secondary N) is 2. The van der Waals surface area contributed by atoms with Crippen LogP contribution in [-0.2, 0) is 16.6 Å². The van der Waals surface area contributed by atoms with E-state index in [1.807, 2.05) is 12.4 Å². The van der Waals surface area contributed by atoms with Crippen molar-refractivity contribution in [3.63, 3.8) is 0 Å². The predicted molar refractivity (Wildman–Crippen MR) is 166 cm³/mol. The highest BCUT2D eigenvalue weighted by Crippen LogP contribution is 2.29. The van der Waals surface area contributed by atoms with Crippen LogP contribution in [0.2, 0.25) is 0 Å². The molecule has 216 valence electrons. The average Bonchev–Trinajstić information content (AvgIpc) is 3.57. The van der Waals surface area contributed by atoms with E-state index in [4.69, 9.17) is 4.74 Å². The number of amides is 2. The highest BCUT2D eigenvalue weighted by Gasteiger charge is 2.17. The second-order valence-corrected chi connectivity index (χ2v) is 11.1. The Hall–Kier alpha value is -3.23. The standard InChI is InChI=1S/C29H36N4O3S.C3H8/c1-3-8-22(10-6-4-5-9-21-18-36-19-21)23-11-7-12-24(15-23)26-20-37-29(31-26)32-27(34)16-30-28(35)25-13-14-33(2)17-25;1-3-2/h7-8,11-15,17,20-21H,3-6,9-10,16,18-19H2,1-2H3,(H,30,35)(H,31,32,34);3H2,1-2H3/b22-8+;. The number of hydrogen-bond donors (Lipinski definition) is 2. The predicted octanol–water partition coefficient (Wildman–Crippen LogP) is 7.32. The minimum atomic E-state index is -0.308. The van der Waals surface area contributed by atoms with E-state index in [1.54, 1.807) is 23.0 Å². The van der Waals surface area contributed by atoms with E-state index < -0.39 is 0 Å². The van der Waals surface area contributed by atoms with E-state index in [0.29, 0.717) is 10.7 Å². The quantitative estimate of drug-likeness (QED) is 0.213. The molecule has 0 saturated carbocycles. The summed E-state index contributed by atoms with van der Waals surface area (Å²) in [5, 5.41) is 7.89. The summed E-state index contributed by atoms with van der Waals surface area (Å²) >= 11 is 1.38. The number of nitrogens with zero attached hydrogens (tertiary/aromatic N) is 2. The van der Waals surface area contributed by atoms with Gasteiger partial charge in [-0.2, -0.15) is 0 Å². The second-order valence-electron chi connectivity index (χ2n) is 10.3. The number of carbonyl (C=O) groups excluding carboxylic acids is 2. The van der Waals surface area contributed by atoms with Gasteiger partial charge in [-0.05, 0) is 49.0 Å². The molecular formula is C32H44N4O3S. The second kappa shape index (κ2) is 16.8. The maximum absolute atomic E-state index is 12.3. The number of allylic oxidation sites excluding steroid dienone is 2. The smallest absolute Gasteiger partial charge is 0.253 e. The maximum atomic E-state index is 12.3. The van der Waals surface area contributed by atoms with Crippen LogP contribution in [0.15, 0.2) is 54.2 Å². The molecule has 1 aromatic carbocycles.